The summed E-state index contributed by atoms with van der Waals surface area (Å²) in [7, 11) is 4.07. The highest BCUT2D eigenvalue weighted by Gasteiger charge is 2.02. The summed E-state index contributed by atoms with van der Waals surface area (Å²) in [4.78, 5) is 21.2. The maximum Gasteiger partial charge on any atom is 0.328 e. The monoisotopic (exact) mass is 330 g/mol. The number of rotatable bonds is 8. The molecule has 0 amide bonds. The summed E-state index contributed by atoms with van der Waals surface area (Å²) in [6, 6.07) is 4.08. The van der Waals surface area contributed by atoms with Crippen LogP contribution in [-0.4, -0.2) is 53.4 Å². The Labute approximate surface area is 133 Å². The van der Waals surface area contributed by atoms with Gasteiger partial charge in [-0.1, -0.05) is 0 Å². The number of furan rings is 1. The molecule has 0 aliphatic rings. The number of carboxylic acid groups (broad SMARTS) is 2. The van der Waals surface area contributed by atoms with E-state index in [2.05, 4.69) is 4.90 Å². The molecule has 4 N–H and O–H groups in total. The fraction of sp³-hybridized carbons (Fsp3) is 0.429. The van der Waals surface area contributed by atoms with Gasteiger partial charge in [0.1, 0.15) is 11.5 Å². The minimum absolute atomic E-state index is 0.558. The molecule has 22 heavy (non-hydrogen) atoms. The molecular weight excluding hydrogens is 308 g/mol. The molecule has 1 heterocycles. The van der Waals surface area contributed by atoms with Gasteiger partial charge < -0.3 is 25.3 Å². The number of hydrogen-bond donors (Lipinski definition) is 3. The molecular formula is C14H22N2O5S. The largest absolute Gasteiger partial charge is 0.478 e. The first-order valence-corrected chi connectivity index (χ1v) is 7.64. The lowest BCUT2D eigenvalue weighted by molar-refractivity contribution is -0.134. The Bertz CT molecular complexity index is 469. The lowest BCUT2D eigenvalue weighted by Gasteiger charge is -2.05. The molecule has 0 unspecified atom stereocenters. The highest BCUT2D eigenvalue weighted by molar-refractivity contribution is 7.98. The van der Waals surface area contributed by atoms with Crippen LogP contribution in [0.2, 0.25) is 0 Å². The van der Waals surface area contributed by atoms with Gasteiger partial charge in [0.2, 0.25) is 0 Å². The number of carbonyl (C=O) groups is 2. The first-order chi connectivity index (χ1) is 10.3. The Morgan fingerprint density at radius 2 is 1.77 bits per heavy atom. The second-order valence-electron chi connectivity index (χ2n) is 4.46. The highest BCUT2D eigenvalue weighted by Crippen LogP contribution is 2.15. The third-order valence-electron chi connectivity index (χ3n) is 2.06. The van der Waals surface area contributed by atoms with E-state index in [1.165, 1.54) is 0 Å². The fourth-order valence-electron chi connectivity index (χ4n) is 1.30. The Kier molecular flexibility index (Phi) is 10.9. The minimum Gasteiger partial charge on any atom is -0.478 e. The number of thioether (sulfide) groups is 1. The summed E-state index contributed by atoms with van der Waals surface area (Å²) in [5, 5.41) is 15.6. The van der Waals surface area contributed by atoms with Crippen LogP contribution >= 0.6 is 11.8 Å². The molecule has 0 aromatic carbocycles. The maximum atomic E-state index is 9.55. The van der Waals surface area contributed by atoms with Crippen molar-refractivity contribution >= 4 is 23.7 Å². The smallest absolute Gasteiger partial charge is 0.328 e. The quantitative estimate of drug-likeness (QED) is 0.481. The summed E-state index contributed by atoms with van der Waals surface area (Å²) in [5.41, 5.74) is 5.41. The van der Waals surface area contributed by atoms with E-state index in [1.807, 2.05) is 26.2 Å². The van der Waals surface area contributed by atoms with Crippen molar-refractivity contribution in [1.82, 2.24) is 4.90 Å². The lowest BCUT2D eigenvalue weighted by Crippen LogP contribution is -2.09. The van der Waals surface area contributed by atoms with Crippen molar-refractivity contribution in [2.75, 3.05) is 26.4 Å². The van der Waals surface area contributed by atoms with Gasteiger partial charge in [-0.25, -0.2) is 9.59 Å². The third-order valence-corrected chi connectivity index (χ3v) is 3.08. The van der Waals surface area contributed by atoms with Crippen LogP contribution in [-0.2, 0) is 21.9 Å². The first-order valence-electron chi connectivity index (χ1n) is 6.49. The zero-order valence-corrected chi connectivity index (χ0v) is 13.5. The van der Waals surface area contributed by atoms with Crippen molar-refractivity contribution < 1.29 is 24.2 Å². The molecule has 0 spiro atoms. The van der Waals surface area contributed by atoms with Crippen LogP contribution in [0.3, 0.4) is 0 Å². The molecule has 1 aromatic rings. The van der Waals surface area contributed by atoms with E-state index >= 15 is 0 Å². The fourth-order valence-corrected chi connectivity index (χ4v) is 1.96. The molecule has 8 heteroatoms. The van der Waals surface area contributed by atoms with Gasteiger partial charge in [0.05, 0.1) is 12.3 Å². The number of hydrogen-bond acceptors (Lipinski definition) is 6. The molecule has 7 nitrogen and oxygen atoms in total. The topological polar surface area (TPSA) is 117 Å². The van der Waals surface area contributed by atoms with E-state index < -0.39 is 11.9 Å². The molecule has 0 radical (unpaired) electrons. The Hall–Kier alpha value is -1.77. The van der Waals surface area contributed by atoms with Crippen molar-refractivity contribution in [3.63, 3.8) is 0 Å². The normalized spacial score (nSPS) is 10.5. The summed E-state index contributed by atoms with van der Waals surface area (Å²) >= 11 is 1.81. The van der Waals surface area contributed by atoms with Crippen LogP contribution in [0.1, 0.15) is 11.5 Å². The zero-order valence-electron chi connectivity index (χ0n) is 12.7. The number of aliphatic carboxylic acids is 2. The van der Waals surface area contributed by atoms with E-state index in [9.17, 15) is 9.59 Å². The standard InChI is InChI=1S/C10H18N2OS.C4H4O4/c1-12(2)7-9-3-4-10(13-9)8-14-6-5-11;5-3(6)1-2-4(7)8/h3-4H,5-8,11H2,1-2H3;1-2H,(H,5,6)(H,7,8)/b;2-1+. The van der Waals surface area contributed by atoms with Crippen molar-refractivity contribution in [2.45, 2.75) is 12.3 Å². The summed E-state index contributed by atoms with van der Waals surface area (Å²) in [5.74, 6) is 1.47. The van der Waals surface area contributed by atoms with Crippen molar-refractivity contribution in [3.05, 3.63) is 35.8 Å². The van der Waals surface area contributed by atoms with Crippen LogP contribution in [0.4, 0.5) is 0 Å². The average Bonchev–Trinajstić information content (AvgIpc) is 2.84. The second-order valence-corrected chi connectivity index (χ2v) is 5.56. The average molecular weight is 330 g/mol. The predicted molar refractivity (Wildman–Crippen MR) is 85.7 cm³/mol. The summed E-state index contributed by atoms with van der Waals surface area (Å²) in [6.45, 7) is 1.59. The van der Waals surface area contributed by atoms with Gasteiger partial charge in [0.15, 0.2) is 0 Å². The van der Waals surface area contributed by atoms with Crippen molar-refractivity contribution in [1.29, 1.82) is 0 Å². The van der Waals surface area contributed by atoms with E-state index in [4.69, 9.17) is 20.4 Å². The van der Waals surface area contributed by atoms with Crippen LogP contribution in [0.25, 0.3) is 0 Å². The van der Waals surface area contributed by atoms with E-state index in [0.29, 0.717) is 12.2 Å². The van der Waals surface area contributed by atoms with Crippen molar-refractivity contribution in [3.8, 4) is 0 Å². The Morgan fingerprint density at radius 3 is 2.23 bits per heavy atom. The molecule has 0 fully saturated rings. The molecule has 0 saturated carbocycles. The number of nitrogens with two attached hydrogens (primary N) is 1. The van der Waals surface area contributed by atoms with E-state index in [1.54, 1.807) is 11.8 Å². The van der Waals surface area contributed by atoms with Crippen LogP contribution < -0.4 is 5.73 Å². The molecule has 0 bridgehead atoms. The Morgan fingerprint density at radius 1 is 1.23 bits per heavy atom. The van der Waals surface area contributed by atoms with Crippen molar-refractivity contribution in [2.24, 2.45) is 5.73 Å². The van der Waals surface area contributed by atoms with Gasteiger partial charge in [-0.05, 0) is 26.2 Å². The molecule has 124 valence electrons. The van der Waals surface area contributed by atoms with Gasteiger partial charge in [-0.3, -0.25) is 0 Å². The first kappa shape index (κ1) is 20.2. The van der Waals surface area contributed by atoms with E-state index in [0.717, 1.165) is 36.1 Å². The van der Waals surface area contributed by atoms with Gasteiger partial charge in [-0.15, -0.1) is 0 Å². The maximum absolute atomic E-state index is 9.55. The molecule has 1 aromatic heterocycles. The number of nitrogens with zero attached hydrogens (tertiary/aromatic N) is 1. The van der Waals surface area contributed by atoms with Gasteiger partial charge in [-0.2, -0.15) is 11.8 Å². The molecule has 0 saturated heterocycles. The van der Waals surface area contributed by atoms with E-state index in [-0.39, 0.29) is 0 Å². The van der Waals surface area contributed by atoms with Gasteiger partial charge in [0, 0.05) is 24.4 Å². The molecule has 0 aliphatic carbocycles. The van der Waals surface area contributed by atoms with Crippen LogP contribution in [0.5, 0.6) is 0 Å². The number of carboxylic acids is 2. The third kappa shape index (κ3) is 12.0. The predicted octanol–water partition coefficient (Wildman–Crippen LogP) is 1.24. The Balaban J connectivity index is 0.000000472. The molecule has 0 atom stereocenters. The molecule has 0 aliphatic heterocycles. The van der Waals surface area contributed by atoms with Crippen LogP contribution in [0, 0.1) is 0 Å². The van der Waals surface area contributed by atoms with Crippen LogP contribution in [0.15, 0.2) is 28.7 Å². The summed E-state index contributed by atoms with van der Waals surface area (Å²) in [6.07, 6.45) is 1.12. The lowest BCUT2D eigenvalue weighted by atomic mass is 10.4. The van der Waals surface area contributed by atoms with Gasteiger partial charge in [0.25, 0.3) is 0 Å². The zero-order chi connectivity index (χ0) is 17.0. The highest BCUT2D eigenvalue weighted by atomic mass is 32.2. The van der Waals surface area contributed by atoms with Gasteiger partial charge >= 0.3 is 11.9 Å². The summed E-state index contributed by atoms with van der Waals surface area (Å²) < 4.78 is 5.64. The second kappa shape index (κ2) is 11.8. The molecule has 1 rings (SSSR count). The SMILES string of the molecule is CN(C)Cc1ccc(CSCCN)o1.O=C(O)/C=C/C(=O)O. The minimum atomic E-state index is -1.26.